The Morgan fingerprint density at radius 3 is 2.50 bits per heavy atom. The third-order valence-corrected chi connectivity index (χ3v) is 5.97. The third kappa shape index (κ3) is 3.08. The molecule has 2 aromatic heterocycles. The number of aromatic nitrogens is 1. The Labute approximate surface area is 139 Å². The van der Waals surface area contributed by atoms with E-state index in [-0.39, 0.29) is 5.41 Å². The first-order valence-electron chi connectivity index (χ1n) is 7.32. The highest BCUT2D eigenvalue weighted by Gasteiger charge is 2.26. The van der Waals surface area contributed by atoms with Gasteiger partial charge < -0.3 is 5.73 Å². The molecule has 0 saturated heterocycles. The number of rotatable bonds is 4. The van der Waals surface area contributed by atoms with E-state index in [0.29, 0.717) is 0 Å². The maximum absolute atomic E-state index is 5.77. The lowest BCUT2D eigenvalue weighted by Gasteiger charge is -2.22. The fourth-order valence-corrected chi connectivity index (χ4v) is 4.41. The van der Waals surface area contributed by atoms with Gasteiger partial charge in [0.25, 0.3) is 0 Å². The Bertz CT molecular complexity index is 753. The highest BCUT2D eigenvalue weighted by Crippen LogP contribution is 2.37. The van der Waals surface area contributed by atoms with Crippen LogP contribution >= 0.6 is 22.7 Å². The number of thiophene rings is 1. The Morgan fingerprint density at radius 2 is 1.86 bits per heavy atom. The predicted molar refractivity (Wildman–Crippen MR) is 97.7 cm³/mol. The fraction of sp³-hybridized carbons (Fsp3) is 0.278. The van der Waals surface area contributed by atoms with Crippen LogP contribution in [0.5, 0.6) is 0 Å². The van der Waals surface area contributed by atoms with Crippen molar-refractivity contribution >= 4 is 28.4 Å². The van der Waals surface area contributed by atoms with Gasteiger partial charge >= 0.3 is 0 Å². The molecule has 0 bridgehead atoms. The van der Waals surface area contributed by atoms with Crippen molar-refractivity contribution in [3.8, 4) is 10.6 Å². The standard InChI is InChI=1S/C18H20N2S2/c1-12-16(15-5-4-10-21-15)20-17(22-12)18(2,3)11-13-6-8-14(19)9-7-13/h4-10H,11,19H2,1-3H3. The van der Waals surface area contributed by atoms with Gasteiger partial charge in [-0.2, -0.15) is 0 Å². The summed E-state index contributed by atoms with van der Waals surface area (Å²) >= 11 is 3.56. The summed E-state index contributed by atoms with van der Waals surface area (Å²) in [5, 5.41) is 3.30. The maximum atomic E-state index is 5.77. The Balaban J connectivity index is 1.89. The highest BCUT2D eigenvalue weighted by atomic mass is 32.1. The number of aryl methyl sites for hydroxylation is 1. The molecule has 3 rings (SSSR count). The molecule has 0 aliphatic carbocycles. The summed E-state index contributed by atoms with van der Waals surface area (Å²) in [7, 11) is 0. The van der Waals surface area contributed by atoms with E-state index >= 15 is 0 Å². The minimum atomic E-state index is 0.0149. The molecule has 22 heavy (non-hydrogen) atoms. The number of hydrogen-bond acceptors (Lipinski definition) is 4. The van der Waals surface area contributed by atoms with Crippen molar-refractivity contribution in [3.05, 3.63) is 57.2 Å². The van der Waals surface area contributed by atoms with Crippen LogP contribution in [-0.2, 0) is 11.8 Å². The summed E-state index contributed by atoms with van der Waals surface area (Å²) in [6.45, 7) is 6.69. The highest BCUT2D eigenvalue weighted by molar-refractivity contribution is 7.15. The Kier molecular flexibility index (Phi) is 4.06. The van der Waals surface area contributed by atoms with Crippen LogP contribution in [0, 0.1) is 6.92 Å². The first-order valence-corrected chi connectivity index (χ1v) is 9.01. The second-order valence-corrected chi connectivity index (χ2v) is 8.35. The van der Waals surface area contributed by atoms with Crippen molar-refractivity contribution in [3.63, 3.8) is 0 Å². The number of anilines is 1. The Hall–Kier alpha value is -1.65. The van der Waals surface area contributed by atoms with Crippen LogP contribution in [0.2, 0.25) is 0 Å². The number of nitrogens with zero attached hydrogens (tertiary/aromatic N) is 1. The van der Waals surface area contributed by atoms with Crippen LogP contribution in [-0.4, -0.2) is 4.98 Å². The van der Waals surface area contributed by atoms with Gasteiger partial charge in [-0.3, -0.25) is 0 Å². The SMILES string of the molecule is Cc1sc(C(C)(C)Cc2ccc(N)cc2)nc1-c1cccs1. The molecule has 0 atom stereocenters. The van der Waals surface area contributed by atoms with Gasteiger partial charge in [-0.15, -0.1) is 22.7 Å². The lowest BCUT2D eigenvalue weighted by molar-refractivity contribution is 0.519. The lowest BCUT2D eigenvalue weighted by Crippen LogP contribution is -2.20. The summed E-state index contributed by atoms with van der Waals surface area (Å²) in [6, 6.07) is 12.4. The van der Waals surface area contributed by atoms with Crippen LogP contribution < -0.4 is 5.73 Å². The van der Waals surface area contributed by atoms with Crippen LogP contribution in [0.3, 0.4) is 0 Å². The topological polar surface area (TPSA) is 38.9 Å². The van der Waals surface area contributed by atoms with E-state index < -0.39 is 0 Å². The van der Waals surface area contributed by atoms with E-state index in [2.05, 4.69) is 50.4 Å². The van der Waals surface area contributed by atoms with Gasteiger partial charge in [0, 0.05) is 16.0 Å². The molecule has 0 aliphatic rings. The molecular formula is C18H20N2S2. The molecule has 3 aromatic rings. The molecule has 0 saturated carbocycles. The van der Waals surface area contributed by atoms with E-state index in [0.717, 1.165) is 17.8 Å². The number of nitrogens with two attached hydrogens (primary N) is 1. The predicted octanol–water partition coefficient (Wildman–Crippen LogP) is 5.28. The zero-order valence-electron chi connectivity index (χ0n) is 13.1. The average Bonchev–Trinajstić information content (AvgIpc) is 3.10. The monoisotopic (exact) mass is 328 g/mol. The number of thiazole rings is 1. The van der Waals surface area contributed by atoms with Crippen LogP contribution in [0.15, 0.2) is 41.8 Å². The normalized spacial score (nSPS) is 11.8. The van der Waals surface area contributed by atoms with Crippen LogP contribution in [0.25, 0.3) is 10.6 Å². The molecule has 2 nitrogen and oxygen atoms in total. The first kappa shape index (κ1) is 15.3. The van der Waals surface area contributed by atoms with Gasteiger partial charge in [-0.1, -0.05) is 32.0 Å². The molecule has 0 aliphatic heterocycles. The van der Waals surface area contributed by atoms with E-state index in [9.17, 15) is 0 Å². The molecule has 2 heterocycles. The maximum Gasteiger partial charge on any atom is 0.0995 e. The van der Waals surface area contributed by atoms with E-state index in [1.807, 2.05) is 23.5 Å². The van der Waals surface area contributed by atoms with Gasteiger partial charge in [0.2, 0.25) is 0 Å². The summed E-state index contributed by atoms with van der Waals surface area (Å²) in [5.41, 5.74) is 9.03. The molecule has 114 valence electrons. The largest absolute Gasteiger partial charge is 0.399 e. The van der Waals surface area contributed by atoms with Crippen molar-refractivity contribution in [2.24, 2.45) is 0 Å². The molecule has 2 N–H and O–H groups in total. The van der Waals surface area contributed by atoms with Crippen LogP contribution in [0.4, 0.5) is 5.69 Å². The summed E-state index contributed by atoms with van der Waals surface area (Å²) < 4.78 is 0. The van der Waals surface area contributed by atoms with Crippen molar-refractivity contribution in [1.29, 1.82) is 0 Å². The first-order chi connectivity index (χ1) is 10.5. The van der Waals surface area contributed by atoms with Gasteiger partial charge in [-0.25, -0.2) is 4.98 Å². The Morgan fingerprint density at radius 1 is 1.14 bits per heavy atom. The third-order valence-electron chi connectivity index (χ3n) is 3.76. The molecule has 1 aromatic carbocycles. The molecule has 4 heteroatoms. The molecule has 0 fully saturated rings. The number of hydrogen-bond donors (Lipinski definition) is 1. The van der Waals surface area contributed by atoms with Gasteiger partial charge in [0.05, 0.1) is 15.6 Å². The van der Waals surface area contributed by atoms with Crippen molar-refractivity contribution in [1.82, 2.24) is 4.98 Å². The minimum absolute atomic E-state index is 0.0149. The molecule has 0 radical (unpaired) electrons. The van der Waals surface area contributed by atoms with Crippen molar-refractivity contribution in [2.45, 2.75) is 32.6 Å². The molecule has 0 amide bonds. The number of benzene rings is 1. The van der Waals surface area contributed by atoms with Crippen molar-refractivity contribution in [2.75, 3.05) is 5.73 Å². The van der Waals surface area contributed by atoms with Gasteiger partial charge in [0.15, 0.2) is 0 Å². The zero-order valence-corrected chi connectivity index (χ0v) is 14.7. The molecule has 0 spiro atoms. The minimum Gasteiger partial charge on any atom is -0.399 e. The lowest BCUT2D eigenvalue weighted by atomic mass is 9.86. The van der Waals surface area contributed by atoms with E-state index in [1.165, 1.54) is 20.3 Å². The summed E-state index contributed by atoms with van der Waals surface area (Å²) in [5.74, 6) is 0. The molecular weight excluding hydrogens is 308 g/mol. The van der Waals surface area contributed by atoms with E-state index in [1.54, 1.807) is 11.3 Å². The van der Waals surface area contributed by atoms with E-state index in [4.69, 9.17) is 10.7 Å². The average molecular weight is 329 g/mol. The summed E-state index contributed by atoms with van der Waals surface area (Å²) in [6.07, 6.45) is 0.962. The summed E-state index contributed by atoms with van der Waals surface area (Å²) in [4.78, 5) is 7.49. The van der Waals surface area contributed by atoms with Gasteiger partial charge in [0.1, 0.15) is 0 Å². The quantitative estimate of drug-likeness (QED) is 0.662. The number of nitrogen functional groups attached to an aromatic ring is 1. The smallest absolute Gasteiger partial charge is 0.0995 e. The second-order valence-electron chi connectivity index (χ2n) is 6.20. The van der Waals surface area contributed by atoms with Gasteiger partial charge in [-0.05, 0) is 42.5 Å². The molecule has 0 unspecified atom stereocenters. The van der Waals surface area contributed by atoms with Crippen molar-refractivity contribution < 1.29 is 0 Å². The van der Waals surface area contributed by atoms with Crippen LogP contribution in [0.1, 0.15) is 29.3 Å². The second kappa shape index (κ2) is 5.86. The zero-order chi connectivity index (χ0) is 15.7. The fourth-order valence-electron chi connectivity index (χ4n) is 2.55.